The number of benzene rings is 1. The lowest BCUT2D eigenvalue weighted by Gasteiger charge is -2.26. The molecule has 146 valence electrons. The van der Waals surface area contributed by atoms with Gasteiger partial charge in [-0.15, -0.1) is 0 Å². The van der Waals surface area contributed by atoms with Gasteiger partial charge in [0.1, 0.15) is 17.8 Å². The maximum Gasteiger partial charge on any atom is 0.410 e. The van der Waals surface area contributed by atoms with Crippen LogP contribution in [0.15, 0.2) is 36.4 Å². The van der Waals surface area contributed by atoms with Gasteiger partial charge in [0.25, 0.3) is 0 Å². The predicted octanol–water partition coefficient (Wildman–Crippen LogP) is 2.95. The minimum Gasteiger partial charge on any atom is -0.476 e. The number of aromatic amines is 1. The monoisotopic (exact) mass is 381 g/mol. The van der Waals surface area contributed by atoms with Crippen LogP contribution in [0.5, 0.6) is 11.6 Å². The van der Waals surface area contributed by atoms with Crippen LogP contribution >= 0.6 is 0 Å². The van der Waals surface area contributed by atoms with Crippen LogP contribution in [0.25, 0.3) is 22.6 Å². The van der Waals surface area contributed by atoms with E-state index in [0.29, 0.717) is 35.3 Å². The Morgan fingerprint density at radius 1 is 1.11 bits per heavy atom. The van der Waals surface area contributed by atoms with E-state index in [1.165, 1.54) is 19.3 Å². The van der Waals surface area contributed by atoms with E-state index < -0.39 is 6.09 Å². The Labute approximate surface area is 162 Å². The first-order chi connectivity index (χ1) is 13.7. The Balaban J connectivity index is 1.48. The number of nitrogens with zero attached hydrogens (tertiary/aromatic N) is 3. The molecule has 0 bridgehead atoms. The van der Waals surface area contributed by atoms with E-state index in [4.69, 9.17) is 15.2 Å². The molecule has 0 saturated carbocycles. The first-order valence-corrected chi connectivity index (χ1v) is 9.47. The normalized spacial score (nSPS) is 14.9. The van der Waals surface area contributed by atoms with Crippen molar-refractivity contribution in [3.63, 3.8) is 0 Å². The fraction of sp³-hybridized carbons (Fsp3) is 0.350. The molecule has 2 aromatic heterocycles. The molecule has 1 fully saturated rings. The summed E-state index contributed by atoms with van der Waals surface area (Å²) in [4.78, 5) is 25.8. The molecule has 1 saturated heterocycles. The number of hydrogen-bond donors (Lipinski definition) is 2. The lowest BCUT2D eigenvalue weighted by atomic mass is 10.1. The smallest absolute Gasteiger partial charge is 0.410 e. The number of ether oxygens (including phenoxy) is 2. The third kappa shape index (κ3) is 4.23. The van der Waals surface area contributed by atoms with Gasteiger partial charge in [-0.25, -0.2) is 14.8 Å². The first-order valence-electron chi connectivity index (χ1n) is 9.47. The summed E-state index contributed by atoms with van der Waals surface area (Å²) in [5.41, 5.74) is 7.02. The van der Waals surface area contributed by atoms with Crippen molar-refractivity contribution in [3.8, 4) is 23.1 Å². The number of primary amides is 1. The van der Waals surface area contributed by atoms with Crippen LogP contribution in [-0.2, 0) is 0 Å². The Bertz CT molecular complexity index is 965. The zero-order chi connectivity index (χ0) is 19.3. The average molecular weight is 381 g/mol. The standard InChI is InChI=1S/C20H23N5O3/c21-20(26)28-16-8-4-6-14-18(16)24-19(23-14)15-7-5-9-17(22-15)27-13-12-25-10-2-1-3-11-25/h4-9H,1-3,10-13H2,(H2,21,26)(H,23,24). The van der Waals surface area contributed by atoms with E-state index in [0.717, 1.165) is 25.2 Å². The molecule has 0 atom stereocenters. The first kappa shape index (κ1) is 18.2. The number of aromatic nitrogens is 3. The van der Waals surface area contributed by atoms with Gasteiger partial charge in [-0.05, 0) is 44.1 Å². The highest BCUT2D eigenvalue weighted by Crippen LogP contribution is 2.27. The molecule has 0 aliphatic carbocycles. The molecular formula is C20H23N5O3. The van der Waals surface area contributed by atoms with Crippen molar-refractivity contribution in [2.24, 2.45) is 5.73 Å². The topological polar surface area (TPSA) is 106 Å². The molecular weight excluding hydrogens is 358 g/mol. The number of nitrogens with one attached hydrogen (secondary N) is 1. The Kier molecular flexibility index (Phi) is 5.38. The van der Waals surface area contributed by atoms with Gasteiger partial charge in [0.15, 0.2) is 11.6 Å². The molecule has 3 heterocycles. The number of carbonyl (C=O) groups is 1. The maximum atomic E-state index is 11.1. The van der Waals surface area contributed by atoms with Crippen LogP contribution < -0.4 is 15.2 Å². The number of likely N-dealkylation sites (tertiary alicyclic amines) is 1. The lowest BCUT2D eigenvalue weighted by molar-refractivity contribution is 0.180. The van der Waals surface area contributed by atoms with Gasteiger partial charge in [-0.1, -0.05) is 18.6 Å². The van der Waals surface area contributed by atoms with E-state index in [1.807, 2.05) is 24.3 Å². The largest absolute Gasteiger partial charge is 0.476 e. The zero-order valence-electron chi connectivity index (χ0n) is 15.6. The second-order valence-electron chi connectivity index (χ2n) is 6.77. The van der Waals surface area contributed by atoms with Crippen LogP contribution in [0.3, 0.4) is 0 Å². The number of rotatable bonds is 6. The van der Waals surface area contributed by atoms with E-state index in [-0.39, 0.29) is 0 Å². The number of piperidine rings is 1. The summed E-state index contributed by atoms with van der Waals surface area (Å²) in [5.74, 6) is 1.43. The van der Waals surface area contributed by atoms with Gasteiger partial charge in [0, 0.05) is 12.6 Å². The third-order valence-electron chi connectivity index (χ3n) is 4.76. The Morgan fingerprint density at radius 3 is 2.75 bits per heavy atom. The lowest BCUT2D eigenvalue weighted by Crippen LogP contribution is -2.33. The number of imidazole rings is 1. The summed E-state index contributed by atoms with van der Waals surface area (Å²) in [6.45, 7) is 3.80. The molecule has 3 N–H and O–H groups in total. The Morgan fingerprint density at radius 2 is 1.93 bits per heavy atom. The van der Waals surface area contributed by atoms with E-state index in [1.54, 1.807) is 12.1 Å². The average Bonchev–Trinajstić information content (AvgIpc) is 3.14. The van der Waals surface area contributed by atoms with Crippen molar-refractivity contribution in [1.29, 1.82) is 0 Å². The van der Waals surface area contributed by atoms with E-state index in [2.05, 4.69) is 19.9 Å². The van der Waals surface area contributed by atoms with Gasteiger partial charge in [0.05, 0.1) is 5.52 Å². The number of para-hydroxylation sites is 1. The molecule has 1 aromatic carbocycles. The number of hydrogen-bond acceptors (Lipinski definition) is 6. The van der Waals surface area contributed by atoms with Crippen molar-refractivity contribution >= 4 is 17.1 Å². The number of fused-ring (bicyclic) bond motifs is 1. The molecule has 1 aliphatic heterocycles. The molecule has 28 heavy (non-hydrogen) atoms. The van der Waals surface area contributed by atoms with Crippen molar-refractivity contribution < 1.29 is 14.3 Å². The minimum absolute atomic E-state index is 0.307. The van der Waals surface area contributed by atoms with Gasteiger partial charge in [-0.2, -0.15) is 0 Å². The van der Waals surface area contributed by atoms with Crippen LogP contribution in [0.2, 0.25) is 0 Å². The quantitative estimate of drug-likeness (QED) is 0.680. The molecule has 3 aromatic rings. The second-order valence-corrected chi connectivity index (χ2v) is 6.77. The third-order valence-corrected chi connectivity index (χ3v) is 4.76. The minimum atomic E-state index is -0.876. The molecule has 1 aliphatic rings. The number of amides is 1. The summed E-state index contributed by atoms with van der Waals surface area (Å²) in [5, 5.41) is 0. The van der Waals surface area contributed by atoms with Crippen LogP contribution in [0.4, 0.5) is 4.79 Å². The summed E-state index contributed by atoms with van der Waals surface area (Å²) in [6, 6.07) is 10.8. The van der Waals surface area contributed by atoms with Crippen molar-refractivity contribution in [2.45, 2.75) is 19.3 Å². The van der Waals surface area contributed by atoms with Crippen LogP contribution in [0, 0.1) is 0 Å². The zero-order valence-corrected chi connectivity index (χ0v) is 15.6. The van der Waals surface area contributed by atoms with E-state index >= 15 is 0 Å². The molecule has 8 heteroatoms. The molecule has 0 unspecified atom stereocenters. The molecule has 4 rings (SSSR count). The Hall–Kier alpha value is -3.13. The molecule has 8 nitrogen and oxygen atoms in total. The van der Waals surface area contributed by atoms with Crippen LogP contribution in [0.1, 0.15) is 19.3 Å². The SMILES string of the molecule is NC(=O)Oc1cccc2[nH]c(-c3cccc(OCCN4CCCCC4)n3)nc12. The van der Waals surface area contributed by atoms with Gasteiger partial charge in [-0.3, -0.25) is 4.90 Å². The van der Waals surface area contributed by atoms with Crippen molar-refractivity contribution in [1.82, 2.24) is 19.9 Å². The predicted molar refractivity (Wildman–Crippen MR) is 105 cm³/mol. The fourth-order valence-corrected chi connectivity index (χ4v) is 3.41. The molecule has 0 spiro atoms. The molecule has 1 amide bonds. The summed E-state index contributed by atoms with van der Waals surface area (Å²) in [6.07, 6.45) is 2.98. The second kappa shape index (κ2) is 8.26. The fourth-order valence-electron chi connectivity index (χ4n) is 3.41. The number of carbonyl (C=O) groups excluding carboxylic acids is 1. The highest BCUT2D eigenvalue weighted by molar-refractivity contribution is 5.86. The van der Waals surface area contributed by atoms with Gasteiger partial charge >= 0.3 is 6.09 Å². The highest BCUT2D eigenvalue weighted by Gasteiger charge is 2.13. The van der Waals surface area contributed by atoms with Gasteiger partial charge in [0.2, 0.25) is 5.88 Å². The number of pyridine rings is 1. The van der Waals surface area contributed by atoms with Gasteiger partial charge < -0.3 is 20.2 Å². The molecule has 0 radical (unpaired) electrons. The highest BCUT2D eigenvalue weighted by atomic mass is 16.5. The maximum absolute atomic E-state index is 11.1. The summed E-state index contributed by atoms with van der Waals surface area (Å²) >= 11 is 0. The van der Waals surface area contributed by atoms with Crippen molar-refractivity contribution in [3.05, 3.63) is 36.4 Å². The number of H-pyrrole nitrogens is 1. The summed E-state index contributed by atoms with van der Waals surface area (Å²) in [7, 11) is 0. The summed E-state index contributed by atoms with van der Waals surface area (Å²) < 4.78 is 10.9. The van der Waals surface area contributed by atoms with Crippen LogP contribution in [-0.4, -0.2) is 52.2 Å². The van der Waals surface area contributed by atoms with E-state index in [9.17, 15) is 4.79 Å². The van der Waals surface area contributed by atoms with Crippen molar-refractivity contribution in [2.75, 3.05) is 26.2 Å². The number of nitrogens with two attached hydrogens (primary N) is 1.